The zero-order chi connectivity index (χ0) is 21.3. The van der Waals surface area contributed by atoms with Gasteiger partial charge in [0.05, 0.1) is 13.7 Å². The maximum atomic E-state index is 5.98. The molecule has 0 aliphatic carbocycles. The van der Waals surface area contributed by atoms with Gasteiger partial charge in [-0.2, -0.15) is 0 Å². The SMILES string of the molecule is C=CCn1c(COc2ccc(C)cc2C)nnc1SCCOc1ccccc1OC. The van der Waals surface area contributed by atoms with Crippen LogP contribution < -0.4 is 14.2 Å². The molecule has 6 nitrogen and oxygen atoms in total. The number of hydrogen-bond acceptors (Lipinski definition) is 6. The van der Waals surface area contributed by atoms with Crippen molar-refractivity contribution < 1.29 is 14.2 Å². The Morgan fingerprint density at radius 3 is 2.57 bits per heavy atom. The van der Waals surface area contributed by atoms with Crippen molar-refractivity contribution in [2.75, 3.05) is 19.5 Å². The van der Waals surface area contributed by atoms with Gasteiger partial charge >= 0.3 is 0 Å². The summed E-state index contributed by atoms with van der Waals surface area (Å²) >= 11 is 1.59. The Kier molecular flexibility index (Phi) is 7.79. The van der Waals surface area contributed by atoms with Gasteiger partial charge in [-0.25, -0.2) is 0 Å². The number of hydrogen-bond donors (Lipinski definition) is 0. The molecule has 0 atom stereocenters. The molecule has 0 fully saturated rings. The Balaban J connectivity index is 1.59. The maximum Gasteiger partial charge on any atom is 0.191 e. The van der Waals surface area contributed by atoms with Gasteiger partial charge in [0.2, 0.25) is 0 Å². The van der Waals surface area contributed by atoms with Gasteiger partial charge in [-0.1, -0.05) is 47.7 Å². The Morgan fingerprint density at radius 1 is 1.03 bits per heavy atom. The number of benzene rings is 2. The lowest BCUT2D eigenvalue weighted by molar-refractivity contribution is 0.287. The largest absolute Gasteiger partial charge is 0.493 e. The molecule has 3 aromatic rings. The molecule has 7 heteroatoms. The van der Waals surface area contributed by atoms with Gasteiger partial charge in [0, 0.05) is 12.3 Å². The van der Waals surface area contributed by atoms with Gasteiger partial charge < -0.3 is 14.2 Å². The molecule has 0 saturated carbocycles. The second-order valence-corrected chi connectivity index (χ2v) is 7.77. The first-order valence-corrected chi connectivity index (χ1v) is 10.7. The quantitative estimate of drug-likeness (QED) is 0.249. The van der Waals surface area contributed by atoms with Crippen LogP contribution in [0.4, 0.5) is 0 Å². The minimum Gasteiger partial charge on any atom is -0.493 e. The summed E-state index contributed by atoms with van der Waals surface area (Å²) in [7, 11) is 1.64. The summed E-state index contributed by atoms with van der Waals surface area (Å²) < 4.78 is 19.1. The van der Waals surface area contributed by atoms with Gasteiger partial charge in [-0.3, -0.25) is 4.57 Å². The van der Waals surface area contributed by atoms with Crippen LogP contribution in [0.5, 0.6) is 17.2 Å². The van der Waals surface area contributed by atoms with Crippen LogP contribution in [0, 0.1) is 13.8 Å². The Labute approximate surface area is 181 Å². The molecule has 0 aliphatic rings. The fraction of sp³-hybridized carbons (Fsp3) is 0.304. The summed E-state index contributed by atoms with van der Waals surface area (Å²) in [4.78, 5) is 0. The minimum absolute atomic E-state index is 0.350. The van der Waals surface area contributed by atoms with Crippen LogP contribution >= 0.6 is 11.8 Å². The summed E-state index contributed by atoms with van der Waals surface area (Å²) in [6, 6.07) is 13.8. The highest BCUT2D eigenvalue weighted by Crippen LogP contribution is 2.26. The molecule has 3 rings (SSSR count). The van der Waals surface area contributed by atoms with E-state index in [-0.39, 0.29) is 0 Å². The molecule has 0 amide bonds. The van der Waals surface area contributed by atoms with Gasteiger partial charge in [0.1, 0.15) is 12.4 Å². The summed E-state index contributed by atoms with van der Waals surface area (Å²) in [5, 5.41) is 9.47. The molecule has 0 unspecified atom stereocenters. The van der Waals surface area contributed by atoms with Crippen LogP contribution in [0.3, 0.4) is 0 Å². The first kappa shape index (κ1) is 21.8. The van der Waals surface area contributed by atoms with Crippen LogP contribution in [0.25, 0.3) is 0 Å². The van der Waals surface area contributed by atoms with Gasteiger partial charge in [0.25, 0.3) is 0 Å². The highest BCUT2D eigenvalue weighted by Gasteiger charge is 2.13. The lowest BCUT2D eigenvalue weighted by Crippen LogP contribution is -2.09. The number of methoxy groups -OCH3 is 1. The van der Waals surface area contributed by atoms with Crippen molar-refractivity contribution in [2.24, 2.45) is 0 Å². The van der Waals surface area contributed by atoms with Gasteiger partial charge in [-0.05, 0) is 37.6 Å². The summed E-state index contributed by atoms with van der Waals surface area (Å²) in [5.74, 6) is 3.81. The van der Waals surface area contributed by atoms with E-state index in [0.717, 1.165) is 39.5 Å². The molecule has 0 bridgehead atoms. The van der Waals surface area contributed by atoms with E-state index in [1.165, 1.54) is 5.56 Å². The van der Waals surface area contributed by atoms with Crippen molar-refractivity contribution in [1.29, 1.82) is 0 Å². The van der Waals surface area contributed by atoms with E-state index >= 15 is 0 Å². The average molecular weight is 426 g/mol. The fourth-order valence-electron chi connectivity index (χ4n) is 2.97. The van der Waals surface area contributed by atoms with Crippen molar-refractivity contribution in [2.45, 2.75) is 32.2 Å². The van der Waals surface area contributed by atoms with Crippen molar-refractivity contribution in [3.63, 3.8) is 0 Å². The van der Waals surface area contributed by atoms with Crippen LogP contribution in [-0.4, -0.2) is 34.2 Å². The Morgan fingerprint density at radius 2 is 1.83 bits per heavy atom. The number of ether oxygens (including phenoxy) is 3. The normalized spacial score (nSPS) is 10.6. The third kappa shape index (κ3) is 5.57. The molecule has 0 spiro atoms. The second kappa shape index (κ2) is 10.7. The van der Waals surface area contributed by atoms with E-state index in [1.54, 1.807) is 18.9 Å². The van der Waals surface area contributed by atoms with Crippen molar-refractivity contribution in [3.8, 4) is 17.2 Å². The second-order valence-electron chi connectivity index (χ2n) is 6.70. The van der Waals surface area contributed by atoms with E-state index in [9.17, 15) is 0 Å². The molecular formula is C23H27N3O3S. The number of allylic oxidation sites excluding steroid dienone is 1. The van der Waals surface area contributed by atoms with E-state index in [4.69, 9.17) is 14.2 Å². The van der Waals surface area contributed by atoms with E-state index in [0.29, 0.717) is 19.8 Å². The molecule has 1 heterocycles. The highest BCUT2D eigenvalue weighted by atomic mass is 32.2. The molecular weight excluding hydrogens is 398 g/mol. The number of para-hydroxylation sites is 2. The molecule has 1 aromatic heterocycles. The van der Waals surface area contributed by atoms with Crippen LogP contribution in [0.1, 0.15) is 17.0 Å². The first-order chi connectivity index (χ1) is 14.6. The number of nitrogens with zero attached hydrogens (tertiary/aromatic N) is 3. The van der Waals surface area contributed by atoms with Gasteiger partial charge in [-0.15, -0.1) is 16.8 Å². The first-order valence-electron chi connectivity index (χ1n) is 9.74. The average Bonchev–Trinajstić information content (AvgIpc) is 3.12. The predicted octanol–water partition coefficient (Wildman–Crippen LogP) is 4.84. The smallest absolute Gasteiger partial charge is 0.191 e. The molecule has 0 N–H and O–H groups in total. The van der Waals surface area contributed by atoms with E-state index in [2.05, 4.69) is 29.8 Å². The standard InChI is InChI=1S/C23H27N3O3S/c1-5-12-26-22(16-29-19-11-10-17(2)15-18(19)3)24-25-23(26)30-14-13-28-21-9-7-6-8-20(21)27-4/h5-11,15H,1,12-14,16H2,2-4H3. The van der Waals surface area contributed by atoms with Crippen LogP contribution in [0.2, 0.25) is 0 Å². The maximum absolute atomic E-state index is 5.98. The van der Waals surface area contributed by atoms with Gasteiger partial charge in [0.15, 0.2) is 22.5 Å². The third-order valence-electron chi connectivity index (χ3n) is 4.43. The van der Waals surface area contributed by atoms with Crippen LogP contribution in [0.15, 0.2) is 60.3 Å². The topological polar surface area (TPSA) is 58.4 Å². The highest BCUT2D eigenvalue weighted by molar-refractivity contribution is 7.99. The number of thioether (sulfide) groups is 1. The molecule has 30 heavy (non-hydrogen) atoms. The lowest BCUT2D eigenvalue weighted by atomic mass is 10.1. The fourth-order valence-corrected chi connectivity index (χ4v) is 3.75. The summed E-state index contributed by atoms with van der Waals surface area (Å²) in [5.41, 5.74) is 2.32. The Bertz CT molecular complexity index is 988. The number of aryl methyl sites for hydroxylation is 2. The monoisotopic (exact) mass is 425 g/mol. The Hall–Kier alpha value is -2.93. The zero-order valence-electron chi connectivity index (χ0n) is 17.6. The number of rotatable bonds is 11. The van der Waals surface area contributed by atoms with E-state index in [1.807, 2.05) is 54.0 Å². The predicted molar refractivity (Wildman–Crippen MR) is 120 cm³/mol. The van der Waals surface area contributed by atoms with Crippen molar-refractivity contribution in [3.05, 3.63) is 72.1 Å². The number of aromatic nitrogens is 3. The minimum atomic E-state index is 0.350. The van der Waals surface area contributed by atoms with Crippen LogP contribution in [-0.2, 0) is 13.2 Å². The lowest BCUT2D eigenvalue weighted by Gasteiger charge is -2.12. The van der Waals surface area contributed by atoms with Crippen molar-refractivity contribution in [1.82, 2.24) is 14.8 Å². The van der Waals surface area contributed by atoms with E-state index < -0.39 is 0 Å². The molecule has 0 aliphatic heterocycles. The molecule has 0 radical (unpaired) electrons. The molecule has 158 valence electrons. The summed E-state index contributed by atoms with van der Waals surface area (Å²) in [6.07, 6.45) is 1.83. The summed E-state index contributed by atoms with van der Waals surface area (Å²) in [6.45, 7) is 9.46. The molecule has 2 aromatic carbocycles. The third-order valence-corrected chi connectivity index (χ3v) is 5.36. The zero-order valence-corrected chi connectivity index (χ0v) is 18.4. The van der Waals surface area contributed by atoms with Crippen molar-refractivity contribution >= 4 is 11.8 Å². The molecule has 0 saturated heterocycles.